The van der Waals surface area contributed by atoms with E-state index in [0.717, 1.165) is 44.7 Å². The number of ether oxygens (including phenoxy) is 2. The van der Waals surface area contributed by atoms with Crippen LogP contribution in [-0.2, 0) is 20.8 Å². The van der Waals surface area contributed by atoms with E-state index in [1.54, 1.807) is 11.8 Å². The molecule has 0 spiro atoms. The summed E-state index contributed by atoms with van der Waals surface area (Å²) in [5, 5.41) is 1.12. The van der Waals surface area contributed by atoms with Gasteiger partial charge in [-0.3, -0.25) is 0 Å². The van der Waals surface area contributed by atoms with Crippen LogP contribution in [0.2, 0.25) is 0 Å². The number of benzene rings is 1. The Balaban J connectivity index is 1.69. The Kier molecular flexibility index (Phi) is 4.29. The second kappa shape index (κ2) is 6.75. The van der Waals surface area contributed by atoms with Gasteiger partial charge < -0.3 is 14.4 Å². The number of aromatic nitrogens is 1. The van der Waals surface area contributed by atoms with E-state index in [-0.39, 0.29) is 12.6 Å². The summed E-state index contributed by atoms with van der Waals surface area (Å²) in [5.41, 5.74) is 5.62. The maximum atomic E-state index is 12.8. The number of hydrogen-bond donors (Lipinski definition) is 0. The number of fused-ring (bicyclic) bond motifs is 4. The van der Waals surface area contributed by atoms with Crippen molar-refractivity contribution in [1.29, 1.82) is 0 Å². The SMILES string of the molecule is C=C1C2=C(C=C3c4nc5ccccc5cc4CN13)[C@](CC)(OCSC)C(=O)OC2. The number of cyclic esters (lactones) is 1. The van der Waals surface area contributed by atoms with Gasteiger partial charge in [0, 0.05) is 27.8 Å². The molecule has 0 bridgehead atoms. The minimum Gasteiger partial charge on any atom is -0.458 e. The molecule has 0 N–H and O–H groups in total. The molecule has 148 valence electrons. The van der Waals surface area contributed by atoms with Gasteiger partial charge in [0.15, 0.2) is 5.60 Å². The van der Waals surface area contributed by atoms with E-state index in [1.165, 1.54) is 0 Å². The normalized spacial score (nSPS) is 23.0. The van der Waals surface area contributed by atoms with Gasteiger partial charge in [0.1, 0.15) is 6.61 Å². The summed E-state index contributed by atoms with van der Waals surface area (Å²) in [7, 11) is 0. The Morgan fingerprint density at radius 1 is 1.38 bits per heavy atom. The van der Waals surface area contributed by atoms with Crippen molar-refractivity contribution in [2.24, 2.45) is 0 Å². The molecular weight excluding hydrogens is 384 g/mol. The highest BCUT2D eigenvalue weighted by Gasteiger charge is 2.50. The second-order valence-corrected chi connectivity index (χ2v) is 8.26. The number of pyridine rings is 1. The number of rotatable bonds is 4. The van der Waals surface area contributed by atoms with E-state index >= 15 is 0 Å². The molecule has 0 aliphatic carbocycles. The van der Waals surface area contributed by atoms with Crippen LogP contribution in [0.1, 0.15) is 24.6 Å². The second-order valence-electron chi connectivity index (χ2n) is 7.45. The first-order valence-electron chi connectivity index (χ1n) is 9.70. The molecule has 0 fully saturated rings. The summed E-state index contributed by atoms with van der Waals surface area (Å²) in [5.74, 6) is 0.0917. The first-order valence-corrected chi connectivity index (χ1v) is 11.1. The fourth-order valence-corrected chi connectivity index (χ4v) is 4.75. The highest BCUT2D eigenvalue weighted by Crippen LogP contribution is 2.47. The molecule has 1 aromatic heterocycles. The van der Waals surface area contributed by atoms with Gasteiger partial charge in [-0.1, -0.05) is 31.7 Å². The summed E-state index contributed by atoms with van der Waals surface area (Å²) >= 11 is 1.54. The number of esters is 1. The van der Waals surface area contributed by atoms with Gasteiger partial charge in [0.25, 0.3) is 0 Å². The molecule has 0 unspecified atom stereocenters. The average molecular weight is 407 g/mol. The Bertz CT molecular complexity index is 1120. The highest BCUT2D eigenvalue weighted by atomic mass is 32.2. The summed E-state index contributed by atoms with van der Waals surface area (Å²) in [6, 6.07) is 10.3. The van der Waals surface area contributed by atoms with Crippen LogP contribution in [0.15, 0.2) is 59.8 Å². The van der Waals surface area contributed by atoms with Crippen LogP contribution in [0.25, 0.3) is 16.6 Å². The summed E-state index contributed by atoms with van der Waals surface area (Å²) in [6.07, 6.45) is 4.53. The van der Waals surface area contributed by atoms with Gasteiger partial charge in [0.2, 0.25) is 0 Å². The Labute approximate surface area is 174 Å². The number of thioether (sulfide) groups is 1. The van der Waals surface area contributed by atoms with Crippen LogP contribution in [0.4, 0.5) is 0 Å². The quantitative estimate of drug-likeness (QED) is 0.559. The van der Waals surface area contributed by atoms with Crippen LogP contribution >= 0.6 is 11.8 Å². The van der Waals surface area contributed by atoms with Crippen molar-refractivity contribution in [3.63, 3.8) is 0 Å². The van der Waals surface area contributed by atoms with Crippen LogP contribution in [0.5, 0.6) is 0 Å². The number of para-hydroxylation sites is 1. The largest absolute Gasteiger partial charge is 0.458 e. The van der Waals surface area contributed by atoms with Crippen molar-refractivity contribution in [1.82, 2.24) is 9.88 Å². The van der Waals surface area contributed by atoms with E-state index in [1.807, 2.05) is 31.4 Å². The maximum Gasteiger partial charge on any atom is 0.343 e. The molecule has 29 heavy (non-hydrogen) atoms. The van der Waals surface area contributed by atoms with E-state index in [9.17, 15) is 4.79 Å². The zero-order valence-electron chi connectivity index (χ0n) is 16.5. The van der Waals surface area contributed by atoms with Crippen molar-refractivity contribution >= 4 is 34.3 Å². The predicted molar refractivity (Wildman–Crippen MR) is 115 cm³/mol. The van der Waals surface area contributed by atoms with Crippen molar-refractivity contribution in [3.05, 3.63) is 71.1 Å². The lowest BCUT2D eigenvalue weighted by Crippen LogP contribution is -2.49. The Morgan fingerprint density at radius 2 is 2.21 bits per heavy atom. The maximum absolute atomic E-state index is 12.8. The monoisotopic (exact) mass is 406 g/mol. The van der Waals surface area contributed by atoms with Crippen LogP contribution in [-0.4, -0.2) is 40.3 Å². The van der Waals surface area contributed by atoms with E-state index in [0.29, 0.717) is 18.9 Å². The fourth-order valence-electron chi connectivity index (χ4n) is 4.43. The van der Waals surface area contributed by atoms with Gasteiger partial charge in [-0.05, 0) is 30.9 Å². The molecule has 3 aliphatic rings. The van der Waals surface area contributed by atoms with E-state index in [2.05, 4.69) is 29.7 Å². The predicted octanol–water partition coefficient (Wildman–Crippen LogP) is 4.26. The molecule has 0 saturated carbocycles. The molecule has 5 nitrogen and oxygen atoms in total. The van der Waals surface area contributed by atoms with Crippen LogP contribution < -0.4 is 0 Å². The van der Waals surface area contributed by atoms with Gasteiger partial charge >= 0.3 is 5.97 Å². The molecule has 2 aromatic rings. The fraction of sp³-hybridized carbons (Fsp3) is 0.304. The lowest BCUT2D eigenvalue weighted by Gasteiger charge is -2.41. The lowest BCUT2D eigenvalue weighted by molar-refractivity contribution is -0.167. The standard InChI is InChI=1S/C23H22N2O3S/c1-4-23(28-13-29-3)18-10-20-21-16(9-15-7-5-6-8-19(15)24-21)11-25(20)14(2)17(18)12-27-22(23)26/h5-10H,2,4,11-13H2,1,3H3/t23-/m0/s1. The topological polar surface area (TPSA) is 51.7 Å². The van der Waals surface area contributed by atoms with Gasteiger partial charge in [-0.15, -0.1) is 11.8 Å². The number of nitrogens with zero attached hydrogens (tertiary/aromatic N) is 2. The van der Waals surface area contributed by atoms with Crippen LogP contribution in [0.3, 0.4) is 0 Å². The smallest absolute Gasteiger partial charge is 0.343 e. The van der Waals surface area contributed by atoms with Gasteiger partial charge in [-0.2, -0.15) is 0 Å². The Hall–Kier alpha value is -2.57. The molecule has 1 atom stereocenters. The minimum atomic E-state index is -1.10. The molecular formula is C23H22N2O3S. The van der Waals surface area contributed by atoms with Gasteiger partial charge in [-0.25, -0.2) is 9.78 Å². The highest BCUT2D eigenvalue weighted by molar-refractivity contribution is 7.98. The number of carbonyl (C=O) groups excluding carboxylic acids is 1. The zero-order valence-corrected chi connectivity index (χ0v) is 17.3. The Morgan fingerprint density at radius 3 is 3.00 bits per heavy atom. The molecule has 3 aliphatic heterocycles. The summed E-state index contributed by atoms with van der Waals surface area (Å²) < 4.78 is 11.7. The molecule has 6 heteroatoms. The third kappa shape index (κ3) is 2.59. The van der Waals surface area contributed by atoms with Crippen molar-refractivity contribution in [2.75, 3.05) is 18.8 Å². The third-order valence-electron chi connectivity index (χ3n) is 5.98. The molecule has 1 aromatic carbocycles. The zero-order chi connectivity index (χ0) is 20.2. The van der Waals surface area contributed by atoms with Crippen molar-refractivity contribution in [3.8, 4) is 0 Å². The molecule has 0 radical (unpaired) electrons. The molecule has 0 saturated heterocycles. The van der Waals surface area contributed by atoms with E-state index < -0.39 is 5.60 Å². The van der Waals surface area contributed by atoms with E-state index in [4.69, 9.17) is 14.5 Å². The van der Waals surface area contributed by atoms with Crippen molar-refractivity contribution < 1.29 is 14.3 Å². The molecule has 4 heterocycles. The average Bonchev–Trinajstić information content (AvgIpc) is 3.10. The van der Waals surface area contributed by atoms with Gasteiger partial charge in [0.05, 0.1) is 29.4 Å². The first kappa shape index (κ1) is 18.5. The van der Waals surface area contributed by atoms with Crippen molar-refractivity contribution in [2.45, 2.75) is 25.5 Å². The molecule has 0 amide bonds. The number of carbonyl (C=O) groups is 1. The lowest BCUT2D eigenvalue weighted by atomic mass is 9.82. The summed E-state index contributed by atoms with van der Waals surface area (Å²) in [4.78, 5) is 20.0. The first-order chi connectivity index (χ1) is 14.1. The third-order valence-corrected chi connectivity index (χ3v) is 6.33. The summed E-state index contributed by atoms with van der Waals surface area (Å²) in [6.45, 7) is 7.25. The molecule has 5 rings (SSSR count). The van der Waals surface area contributed by atoms with Crippen LogP contribution in [0, 0.1) is 0 Å². The number of hydrogen-bond acceptors (Lipinski definition) is 6. The minimum absolute atomic E-state index is 0.226.